The second-order valence-electron chi connectivity index (χ2n) is 2.95. The Morgan fingerprint density at radius 2 is 1.69 bits per heavy atom. The third kappa shape index (κ3) is 9.50. The van der Waals surface area contributed by atoms with Crippen molar-refractivity contribution in [2.75, 3.05) is 26.4 Å². The molecule has 0 N–H and O–H groups in total. The highest BCUT2D eigenvalue weighted by Crippen LogP contribution is 1.90. The van der Waals surface area contributed by atoms with E-state index in [1.54, 1.807) is 0 Å². The van der Waals surface area contributed by atoms with Crippen molar-refractivity contribution in [2.24, 2.45) is 0 Å². The lowest BCUT2D eigenvalue weighted by Crippen LogP contribution is -2.12. The highest BCUT2D eigenvalue weighted by molar-refractivity contribution is 5.79. The van der Waals surface area contributed by atoms with E-state index in [4.69, 9.17) is 9.47 Å². The molecule has 0 aromatic rings. The highest BCUT2D eigenvalue weighted by atomic mass is 16.5. The molecule has 0 aliphatic heterocycles. The summed E-state index contributed by atoms with van der Waals surface area (Å²) in [5, 5.41) is 0. The monoisotopic (exact) mass is 188 g/mol. The maximum Gasteiger partial charge on any atom is 0.158 e. The summed E-state index contributed by atoms with van der Waals surface area (Å²) in [6, 6.07) is 0. The van der Waals surface area contributed by atoms with Crippen LogP contribution in [0.15, 0.2) is 0 Å². The Balaban J connectivity index is 3.02. The van der Waals surface area contributed by atoms with Gasteiger partial charge in [0.2, 0.25) is 0 Å². The van der Waals surface area contributed by atoms with Crippen molar-refractivity contribution in [3.63, 3.8) is 0 Å². The molecule has 0 saturated carbocycles. The molecule has 0 radical (unpaired) electrons. The van der Waals surface area contributed by atoms with Gasteiger partial charge in [0.25, 0.3) is 0 Å². The fourth-order valence-corrected chi connectivity index (χ4v) is 0.901. The van der Waals surface area contributed by atoms with Crippen molar-refractivity contribution in [3.8, 4) is 0 Å². The van der Waals surface area contributed by atoms with Crippen LogP contribution in [0.1, 0.15) is 33.1 Å². The topological polar surface area (TPSA) is 35.5 Å². The van der Waals surface area contributed by atoms with Gasteiger partial charge in [0.05, 0.1) is 13.2 Å². The predicted molar refractivity (Wildman–Crippen MR) is 51.8 cm³/mol. The largest absolute Gasteiger partial charge is 0.379 e. The van der Waals surface area contributed by atoms with Gasteiger partial charge in [-0.3, -0.25) is 4.79 Å². The van der Waals surface area contributed by atoms with Crippen molar-refractivity contribution in [3.05, 3.63) is 0 Å². The van der Waals surface area contributed by atoms with Crippen LogP contribution in [-0.2, 0) is 14.3 Å². The molecular formula is C10H20O3. The molecule has 0 spiro atoms. The quantitative estimate of drug-likeness (QED) is 0.517. The zero-order chi connectivity index (χ0) is 9.94. The second kappa shape index (κ2) is 9.68. The van der Waals surface area contributed by atoms with Crippen LogP contribution in [0.2, 0.25) is 0 Å². The van der Waals surface area contributed by atoms with Gasteiger partial charge >= 0.3 is 0 Å². The molecule has 0 atom stereocenters. The van der Waals surface area contributed by atoms with Crippen molar-refractivity contribution < 1.29 is 14.3 Å². The smallest absolute Gasteiger partial charge is 0.158 e. The van der Waals surface area contributed by atoms with Gasteiger partial charge in [-0.2, -0.15) is 0 Å². The van der Waals surface area contributed by atoms with E-state index in [0.29, 0.717) is 19.6 Å². The van der Waals surface area contributed by atoms with E-state index >= 15 is 0 Å². The number of ketones is 1. The maximum absolute atomic E-state index is 11.0. The van der Waals surface area contributed by atoms with E-state index in [1.165, 1.54) is 0 Å². The molecule has 0 bridgehead atoms. The van der Waals surface area contributed by atoms with Gasteiger partial charge < -0.3 is 9.47 Å². The first-order valence-corrected chi connectivity index (χ1v) is 4.98. The van der Waals surface area contributed by atoms with Gasteiger partial charge in [0.15, 0.2) is 5.78 Å². The second-order valence-corrected chi connectivity index (χ2v) is 2.95. The van der Waals surface area contributed by atoms with E-state index in [0.717, 1.165) is 19.4 Å². The zero-order valence-electron chi connectivity index (χ0n) is 8.67. The molecule has 0 aliphatic rings. The Kier molecular flexibility index (Phi) is 9.37. The zero-order valence-corrected chi connectivity index (χ0v) is 8.67. The minimum Gasteiger partial charge on any atom is -0.379 e. The minimum atomic E-state index is 0.179. The Labute approximate surface area is 80.4 Å². The van der Waals surface area contributed by atoms with Gasteiger partial charge in [-0.25, -0.2) is 0 Å². The van der Waals surface area contributed by atoms with Crippen molar-refractivity contribution in [1.29, 1.82) is 0 Å². The third-order valence-corrected chi connectivity index (χ3v) is 1.51. The van der Waals surface area contributed by atoms with Crippen molar-refractivity contribution in [1.82, 2.24) is 0 Å². The fourth-order valence-electron chi connectivity index (χ4n) is 0.901. The van der Waals surface area contributed by atoms with Crippen LogP contribution < -0.4 is 0 Å². The number of ether oxygens (including phenoxy) is 2. The standard InChI is InChI=1S/C10H20O3/c1-3-5-10(11)9-13-8-7-12-6-4-2/h3-9H2,1-2H3. The SMILES string of the molecule is CCCOCCOCC(=O)CCC. The molecule has 0 aromatic heterocycles. The van der Waals surface area contributed by atoms with Gasteiger partial charge in [0, 0.05) is 13.0 Å². The number of carbonyl (C=O) groups is 1. The maximum atomic E-state index is 11.0. The molecule has 0 fully saturated rings. The Hall–Kier alpha value is -0.410. The lowest BCUT2D eigenvalue weighted by molar-refractivity contribution is -0.124. The van der Waals surface area contributed by atoms with Crippen LogP contribution in [0.5, 0.6) is 0 Å². The van der Waals surface area contributed by atoms with Gasteiger partial charge in [-0.05, 0) is 12.8 Å². The summed E-state index contributed by atoms with van der Waals surface area (Å²) in [6.45, 7) is 6.17. The molecule has 0 heterocycles. The number of hydrogen-bond donors (Lipinski definition) is 0. The van der Waals surface area contributed by atoms with Crippen LogP contribution in [0, 0.1) is 0 Å². The van der Waals surface area contributed by atoms with E-state index < -0.39 is 0 Å². The normalized spacial score (nSPS) is 10.3. The van der Waals surface area contributed by atoms with E-state index in [9.17, 15) is 4.79 Å². The first-order chi connectivity index (χ1) is 6.31. The fraction of sp³-hybridized carbons (Fsp3) is 0.900. The van der Waals surface area contributed by atoms with Crippen LogP contribution in [-0.4, -0.2) is 32.2 Å². The van der Waals surface area contributed by atoms with Crippen molar-refractivity contribution in [2.45, 2.75) is 33.1 Å². The number of rotatable bonds is 9. The average Bonchev–Trinajstić information content (AvgIpc) is 2.11. The van der Waals surface area contributed by atoms with Gasteiger partial charge in [-0.15, -0.1) is 0 Å². The average molecular weight is 188 g/mol. The molecule has 3 heteroatoms. The summed E-state index contributed by atoms with van der Waals surface area (Å²) in [5.74, 6) is 0.179. The minimum absolute atomic E-state index is 0.179. The van der Waals surface area contributed by atoms with Crippen LogP contribution in [0.4, 0.5) is 0 Å². The molecule has 0 saturated heterocycles. The third-order valence-electron chi connectivity index (χ3n) is 1.51. The van der Waals surface area contributed by atoms with Gasteiger partial charge in [0.1, 0.15) is 6.61 Å². The Bertz CT molecular complexity index is 123. The number of Topliss-reactive ketones (excluding diaryl/α,β-unsaturated/α-hetero) is 1. The van der Waals surface area contributed by atoms with Crippen LogP contribution in [0.3, 0.4) is 0 Å². The number of carbonyl (C=O) groups excluding carboxylic acids is 1. The molecule has 13 heavy (non-hydrogen) atoms. The molecule has 0 unspecified atom stereocenters. The van der Waals surface area contributed by atoms with Gasteiger partial charge in [-0.1, -0.05) is 13.8 Å². The van der Waals surface area contributed by atoms with E-state index in [1.807, 2.05) is 6.92 Å². The molecule has 0 aromatic carbocycles. The summed E-state index contributed by atoms with van der Waals surface area (Å²) >= 11 is 0. The summed E-state index contributed by atoms with van der Waals surface area (Å²) in [7, 11) is 0. The Morgan fingerprint density at radius 1 is 1.00 bits per heavy atom. The first-order valence-electron chi connectivity index (χ1n) is 4.98. The van der Waals surface area contributed by atoms with E-state index in [-0.39, 0.29) is 12.4 Å². The highest BCUT2D eigenvalue weighted by Gasteiger charge is 1.98. The van der Waals surface area contributed by atoms with Crippen LogP contribution >= 0.6 is 0 Å². The van der Waals surface area contributed by atoms with Crippen LogP contribution in [0.25, 0.3) is 0 Å². The summed E-state index contributed by atoms with van der Waals surface area (Å²) in [4.78, 5) is 11.0. The lowest BCUT2D eigenvalue weighted by atomic mass is 10.2. The molecule has 78 valence electrons. The predicted octanol–water partition coefficient (Wildman–Crippen LogP) is 1.80. The van der Waals surface area contributed by atoms with Crippen molar-refractivity contribution >= 4 is 5.78 Å². The molecule has 0 amide bonds. The summed E-state index contributed by atoms with van der Waals surface area (Å²) < 4.78 is 10.3. The summed E-state index contributed by atoms with van der Waals surface area (Å²) in [5.41, 5.74) is 0. The molecular weight excluding hydrogens is 168 g/mol. The molecule has 3 nitrogen and oxygen atoms in total. The summed E-state index contributed by atoms with van der Waals surface area (Å²) in [6.07, 6.45) is 2.54. The first kappa shape index (κ1) is 12.6. The number of hydrogen-bond acceptors (Lipinski definition) is 3. The molecule has 0 rings (SSSR count). The Morgan fingerprint density at radius 3 is 2.31 bits per heavy atom. The lowest BCUT2D eigenvalue weighted by Gasteiger charge is -2.03. The van der Waals surface area contributed by atoms with E-state index in [2.05, 4.69) is 6.92 Å². The molecule has 0 aliphatic carbocycles.